The number of carbonyl (C=O) groups is 1. The first-order chi connectivity index (χ1) is 14.6. The molecule has 3 aromatic rings. The number of rotatable bonds is 6. The van der Waals surface area contributed by atoms with Gasteiger partial charge in [-0.1, -0.05) is 6.07 Å². The third kappa shape index (κ3) is 6.15. The van der Waals surface area contributed by atoms with Crippen molar-refractivity contribution in [3.05, 3.63) is 82.9 Å². The molecule has 0 aromatic heterocycles. The minimum Gasteiger partial charge on any atom is -0.457 e. The van der Waals surface area contributed by atoms with Crippen molar-refractivity contribution in [3.63, 3.8) is 0 Å². The zero-order valence-corrected chi connectivity index (χ0v) is 17.9. The number of primary sulfonamides is 1. The topological polar surface area (TPSA) is 122 Å². The SMILES string of the molecule is Cc1cc(C#N)cc(Oc2cc(C)cc(CC(=O)Nc3ccc(S(N)(=O)=O)cc3)c2)c1. The third-order valence-corrected chi connectivity index (χ3v) is 5.29. The normalized spacial score (nSPS) is 10.9. The summed E-state index contributed by atoms with van der Waals surface area (Å²) in [6.07, 6.45) is 0.103. The molecule has 3 rings (SSSR count). The van der Waals surface area contributed by atoms with Crippen LogP contribution in [0, 0.1) is 25.2 Å². The molecule has 3 N–H and O–H groups in total. The average Bonchev–Trinajstić information content (AvgIpc) is 2.66. The lowest BCUT2D eigenvalue weighted by molar-refractivity contribution is -0.115. The Labute approximate surface area is 181 Å². The van der Waals surface area contributed by atoms with Gasteiger partial charge in [0.1, 0.15) is 11.5 Å². The Hall–Kier alpha value is -3.67. The van der Waals surface area contributed by atoms with Gasteiger partial charge in [-0.15, -0.1) is 0 Å². The molecule has 0 saturated heterocycles. The molecular formula is C23H21N3O4S. The summed E-state index contributed by atoms with van der Waals surface area (Å²) in [6.45, 7) is 3.78. The smallest absolute Gasteiger partial charge is 0.238 e. The number of ether oxygens (including phenoxy) is 1. The summed E-state index contributed by atoms with van der Waals surface area (Å²) in [5.74, 6) is 0.851. The van der Waals surface area contributed by atoms with Crippen LogP contribution in [-0.4, -0.2) is 14.3 Å². The van der Waals surface area contributed by atoms with Gasteiger partial charge in [-0.05, 0) is 85.1 Å². The molecule has 8 heteroatoms. The Kier molecular flexibility index (Phi) is 6.39. The van der Waals surface area contributed by atoms with E-state index in [1.54, 1.807) is 18.2 Å². The number of nitrogens with zero attached hydrogens (tertiary/aromatic N) is 1. The number of amides is 1. The van der Waals surface area contributed by atoms with Crippen LogP contribution in [0.25, 0.3) is 0 Å². The van der Waals surface area contributed by atoms with Crippen molar-refractivity contribution in [3.8, 4) is 17.6 Å². The van der Waals surface area contributed by atoms with Crippen LogP contribution in [0.3, 0.4) is 0 Å². The second kappa shape index (κ2) is 9.00. The number of carbonyl (C=O) groups excluding carboxylic acids is 1. The van der Waals surface area contributed by atoms with E-state index in [0.29, 0.717) is 22.7 Å². The van der Waals surface area contributed by atoms with E-state index in [9.17, 15) is 13.2 Å². The summed E-state index contributed by atoms with van der Waals surface area (Å²) >= 11 is 0. The number of hydrogen-bond acceptors (Lipinski definition) is 5. The zero-order chi connectivity index (χ0) is 22.6. The molecule has 7 nitrogen and oxygen atoms in total. The standard InChI is InChI=1S/C23H21N3O4S/c1-15-7-17(11-20(9-15)30-21-10-16(2)8-18(12-21)14-24)13-23(27)26-19-3-5-22(6-4-19)31(25,28)29/h3-12H,13H2,1-2H3,(H,26,27)(H2,25,28,29). The third-order valence-electron chi connectivity index (χ3n) is 4.36. The van der Waals surface area contributed by atoms with Gasteiger partial charge in [0.05, 0.1) is 22.9 Å². The van der Waals surface area contributed by atoms with Crippen molar-refractivity contribution in [1.82, 2.24) is 0 Å². The number of nitrogens with two attached hydrogens (primary N) is 1. The molecule has 0 spiro atoms. The highest BCUT2D eigenvalue weighted by Gasteiger charge is 2.10. The average molecular weight is 436 g/mol. The van der Waals surface area contributed by atoms with Crippen molar-refractivity contribution in [2.24, 2.45) is 5.14 Å². The number of nitriles is 1. The Morgan fingerprint density at radius 2 is 1.61 bits per heavy atom. The van der Waals surface area contributed by atoms with Crippen LogP contribution in [0.1, 0.15) is 22.3 Å². The van der Waals surface area contributed by atoms with Gasteiger partial charge in [0.25, 0.3) is 0 Å². The highest BCUT2D eigenvalue weighted by Crippen LogP contribution is 2.26. The van der Waals surface area contributed by atoms with E-state index < -0.39 is 10.0 Å². The van der Waals surface area contributed by atoms with Crippen LogP contribution in [0.15, 0.2) is 65.6 Å². The summed E-state index contributed by atoms with van der Waals surface area (Å²) in [6, 6.07) is 18.5. The first kappa shape index (κ1) is 22.0. The van der Waals surface area contributed by atoms with E-state index in [4.69, 9.17) is 15.1 Å². The van der Waals surface area contributed by atoms with Gasteiger partial charge in [0, 0.05) is 5.69 Å². The predicted molar refractivity (Wildman–Crippen MR) is 117 cm³/mol. The molecule has 0 radical (unpaired) electrons. The lowest BCUT2D eigenvalue weighted by Crippen LogP contribution is -2.15. The van der Waals surface area contributed by atoms with Crippen LogP contribution in [-0.2, 0) is 21.2 Å². The largest absolute Gasteiger partial charge is 0.457 e. The van der Waals surface area contributed by atoms with Gasteiger partial charge >= 0.3 is 0 Å². The van der Waals surface area contributed by atoms with Crippen LogP contribution in [0.2, 0.25) is 0 Å². The summed E-state index contributed by atoms with van der Waals surface area (Å²) in [4.78, 5) is 12.4. The van der Waals surface area contributed by atoms with Crippen molar-refractivity contribution in [2.75, 3.05) is 5.32 Å². The first-order valence-corrected chi connectivity index (χ1v) is 10.9. The summed E-state index contributed by atoms with van der Waals surface area (Å²) in [7, 11) is -3.78. The Morgan fingerprint density at radius 3 is 2.23 bits per heavy atom. The van der Waals surface area contributed by atoms with Crippen molar-refractivity contribution in [2.45, 2.75) is 25.2 Å². The first-order valence-electron chi connectivity index (χ1n) is 9.35. The van der Waals surface area contributed by atoms with Gasteiger partial charge in [0.15, 0.2) is 0 Å². The molecule has 3 aromatic carbocycles. The van der Waals surface area contributed by atoms with E-state index in [-0.39, 0.29) is 17.2 Å². The fraction of sp³-hybridized carbons (Fsp3) is 0.130. The number of nitrogens with one attached hydrogen (secondary N) is 1. The van der Waals surface area contributed by atoms with Crippen molar-refractivity contribution >= 4 is 21.6 Å². The number of sulfonamides is 1. The van der Waals surface area contributed by atoms with Crippen LogP contribution < -0.4 is 15.2 Å². The van der Waals surface area contributed by atoms with Crippen LogP contribution >= 0.6 is 0 Å². The molecule has 158 valence electrons. The lowest BCUT2D eigenvalue weighted by atomic mass is 10.1. The second-order valence-corrected chi connectivity index (χ2v) is 8.76. The number of anilines is 1. The van der Waals surface area contributed by atoms with Crippen molar-refractivity contribution < 1.29 is 17.9 Å². The van der Waals surface area contributed by atoms with Crippen LogP contribution in [0.4, 0.5) is 5.69 Å². The number of aryl methyl sites for hydroxylation is 2. The Balaban J connectivity index is 1.72. The van der Waals surface area contributed by atoms with Crippen LogP contribution in [0.5, 0.6) is 11.5 Å². The molecular weight excluding hydrogens is 414 g/mol. The maximum absolute atomic E-state index is 12.4. The molecule has 0 aliphatic heterocycles. The monoisotopic (exact) mass is 435 g/mol. The number of benzene rings is 3. The molecule has 0 heterocycles. The highest BCUT2D eigenvalue weighted by atomic mass is 32.2. The van der Waals surface area contributed by atoms with Gasteiger partial charge in [-0.25, -0.2) is 13.6 Å². The van der Waals surface area contributed by atoms with E-state index in [1.165, 1.54) is 24.3 Å². The van der Waals surface area contributed by atoms with Crippen molar-refractivity contribution in [1.29, 1.82) is 5.26 Å². The molecule has 0 bridgehead atoms. The summed E-state index contributed by atoms with van der Waals surface area (Å²) in [5, 5.41) is 16.9. The van der Waals surface area contributed by atoms with Gasteiger partial charge < -0.3 is 10.1 Å². The van der Waals surface area contributed by atoms with Gasteiger partial charge in [-0.3, -0.25) is 4.79 Å². The minimum atomic E-state index is -3.78. The quantitative estimate of drug-likeness (QED) is 0.610. The Morgan fingerprint density at radius 1 is 1.00 bits per heavy atom. The zero-order valence-electron chi connectivity index (χ0n) is 17.0. The molecule has 31 heavy (non-hydrogen) atoms. The molecule has 0 fully saturated rings. The van der Waals surface area contributed by atoms with Gasteiger partial charge in [-0.2, -0.15) is 5.26 Å². The maximum atomic E-state index is 12.4. The predicted octanol–water partition coefficient (Wildman–Crippen LogP) is 3.80. The molecule has 0 unspecified atom stereocenters. The molecule has 0 atom stereocenters. The van der Waals surface area contributed by atoms with E-state index in [0.717, 1.165) is 16.7 Å². The second-order valence-electron chi connectivity index (χ2n) is 7.20. The fourth-order valence-corrected chi connectivity index (χ4v) is 3.63. The molecule has 1 amide bonds. The molecule has 0 aliphatic carbocycles. The van der Waals surface area contributed by atoms with E-state index in [1.807, 2.05) is 32.0 Å². The Bertz CT molecular complexity index is 1280. The number of hydrogen-bond donors (Lipinski definition) is 2. The highest BCUT2D eigenvalue weighted by molar-refractivity contribution is 7.89. The summed E-state index contributed by atoms with van der Waals surface area (Å²) < 4.78 is 28.6. The minimum absolute atomic E-state index is 0.0262. The maximum Gasteiger partial charge on any atom is 0.238 e. The van der Waals surface area contributed by atoms with Gasteiger partial charge in [0.2, 0.25) is 15.9 Å². The molecule has 0 aliphatic rings. The summed E-state index contributed by atoms with van der Waals surface area (Å²) in [5.41, 5.74) is 3.56. The molecule has 0 saturated carbocycles. The fourth-order valence-electron chi connectivity index (χ4n) is 3.11. The van der Waals surface area contributed by atoms with E-state index in [2.05, 4.69) is 11.4 Å². The lowest BCUT2D eigenvalue weighted by Gasteiger charge is -2.11. The van der Waals surface area contributed by atoms with E-state index >= 15 is 0 Å².